The number of fused-ring (bicyclic) bond motifs is 1. The Kier molecular flexibility index (Phi) is 2.87. The van der Waals surface area contributed by atoms with Crippen LogP contribution in [0.15, 0.2) is 36.5 Å². The molecule has 96 valence electrons. The zero-order valence-electron chi connectivity index (χ0n) is 10.1. The van der Waals surface area contributed by atoms with Gasteiger partial charge in [-0.25, -0.2) is 4.98 Å². The Morgan fingerprint density at radius 2 is 2.21 bits per heavy atom. The Bertz CT molecular complexity index is 657. The van der Waals surface area contributed by atoms with E-state index in [0.29, 0.717) is 23.8 Å². The van der Waals surface area contributed by atoms with Crippen molar-refractivity contribution in [1.29, 1.82) is 0 Å². The number of carbonyl (C=O) groups excluding carboxylic acids is 1. The average Bonchev–Trinajstić information content (AvgIpc) is 2.69. The number of nitrogen functional groups attached to an aromatic ring is 1. The van der Waals surface area contributed by atoms with Crippen molar-refractivity contribution in [2.45, 2.75) is 13.0 Å². The first-order valence-corrected chi connectivity index (χ1v) is 6.31. The van der Waals surface area contributed by atoms with E-state index in [1.54, 1.807) is 17.2 Å². The molecule has 0 unspecified atom stereocenters. The molecule has 0 aliphatic carbocycles. The zero-order valence-corrected chi connectivity index (χ0v) is 10.9. The number of aromatic nitrogens is 1. The number of carbonyl (C=O) groups is 1. The first-order chi connectivity index (χ1) is 9.15. The summed E-state index contributed by atoms with van der Waals surface area (Å²) in [6, 6.07) is 9.19. The average molecular weight is 274 g/mol. The van der Waals surface area contributed by atoms with Gasteiger partial charge in [-0.3, -0.25) is 4.79 Å². The molecule has 2 aromatic rings. The summed E-state index contributed by atoms with van der Waals surface area (Å²) >= 11 is 6.00. The minimum Gasteiger partial charge on any atom is -0.383 e. The van der Waals surface area contributed by atoms with Gasteiger partial charge >= 0.3 is 0 Å². The predicted octanol–water partition coefficient (Wildman–Crippen LogP) is 2.41. The predicted molar refractivity (Wildman–Crippen MR) is 75.0 cm³/mol. The number of nitrogens with two attached hydrogens (primary N) is 1. The quantitative estimate of drug-likeness (QED) is 0.914. The van der Waals surface area contributed by atoms with Gasteiger partial charge in [-0.15, -0.1) is 0 Å². The van der Waals surface area contributed by atoms with E-state index in [1.807, 2.05) is 24.3 Å². The lowest BCUT2D eigenvalue weighted by atomic mass is 10.1. The first kappa shape index (κ1) is 12.0. The molecule has 0 fully saturated rings. The van der Waals surface area contributed by atoms with Crippen LogP contribution in [-0.2, 0) is 17.8 Å². The van der Waals surface area contributed by atoms with Gasteiger partial charge in [-0.2, -0.15) is 0 Å². The fourth-order valence-electron chi connectivity index (χ4n) is 2.26. The van der Waals surface area contributed by atoms with Gasteiger partial charge in [0.05, 0.1) is 13.0 Å². The van der Waals surface area contributed by atoms with Crippen molar-refractivity contribution in [3.05, 3.63) is 52.7 Å². The van der Waals surface area contributed by atoms with Crippen LogP contribution in [0, 0.1) is 0 Å². The van der Waals surface area contributed by atoms with Crippen LogP contribution in [0.1, 0.15) is 11.1 Å². The molecule has 0 saturated carbocycles. The van der Waals surface area contributed by atoms with E-state index >= 15 is 0 Å². The van der Waals surface area contributed by atoms with Gasteiger partial charge in [0, 0.05) is 22.5 Å². The highest BCUT2D eigenvalue weighted by Gasteiger charge is 2.27. The van der Waals surface area contributed by atoms with Crippen molar-refractivity contribution < 1.29 is 4.79 Å². The third-order valence-corrected chi connectivity index (χ3v) is 3.47. The van der Waals surface area contributed by atoms with Crippen molar-refractivity contribution in [3.63, 3.8) is 0 Å². The molecule has 1 aromatic carbocycles. The number of hydrogen-bond acceptors (Lipinski definition) is 3. The van der Waals surface area contributed by atoms with Gasteiger partial charge in [-0.1, -0.05) is 23.7 Å². The summed E-state index contributed by atoms with van der Waals surface area (Å²) in [6.07, 6.45) is 2.04. The second-order valence-corrected chi connectivity index (χ2v) is 4.91. The lowest BCUT2D eigenvalue weighted by molar-refractivity contribution is -0.117. The summed E-state index contributed by atoms with van der Waals surface area (Å²) in [5.41, 5.74) is 8.51. The van der Waals surface area contributed by atoms with E-state index in [-0.39, 0.29) is 5.91 Å². The second kappa shape index (κ2) is 4.55. The summed E-state index contributed by atoms with van der Waals surface area (Å²) in [7, 11) is 0. The van der Waals surface area contributed by atoms with Gasteiger partial charge in [0.1, 0.15) is 5.82 Å². The SMILES string of the molecule is Nc1ncccc1CN1C(=O)Cc2ccc(Cl)cc21. The third kappa shape index (κ3) is 2.15. The molecular weight excluding hydrogens is 262 g/mol. The Morgan fingerprint density at radius 3 is 3.00 bits per heavy atom. The van der Waals surface area contributed by atoms with Gasteiger partial charge in [-0.05, 0) is 23.8 Å². The monoisotopic (exact) mass is 273 g/mol. The van der Waals surface area contributed by atoms with Crippen molar-refractivity contribution in [2.24, 2.45) is 0 Å². The molecule has 4 nitrogen and oxygen atoms in total. The smallest absolute Gasteiger partial charge is 0.231 e. The minimum atomic E-state index is 0.0560. The number of anilines is 2. The summed E-state index contributed by atoms with van der Waals surface area (Å²) in [5, 5.41) is 0.623. The molecule has 5 heteroatoms. The van der Waals surface area contributed by atoms with Crippen LogP contribution in [0.25, 0.3) is 0 Å². The molecular formula is C14H12ClN3O. The van der Waals surface area contributed by atoms with Crippen LogP contribution < -0.4 is 10.6 Å². The van der Waals surface area contributed by atoms with E-state index in [0.717, 1.165) is 16.8 Å². The maximum Gasteiger partial charge on any atom is 0.231 e. The number of rotatable bonds is 2. The van der Waals surface area contributed by atoms with Gasteiger partial charge < -0.3 is 10.6 Å². The fraction of sp³-hybridized carbons (Fsp3) is 0.143. The standard InChI is InChI=1S/C14H12ClN3O/c15-11-4-3-9-6-13(19)18(12(9)7-11)8-10-2-1-5-17-14(10)16/h1-5,7H,6,8H2,(H2,16,17). The largest absolute Gasteiger partial charge is 0.383 e. The molecule has 2 N–H and O–H groups in total. The highest BCUT2D eigenvalue weighted by atomic mass is 35.5. The Hall–Kier alpha value is -2.07. The number of nitrogens with zero attached hydrogens (tertiary/aromatic N) is 2. The molecule has 0 radical (unpaired) electrons. The van der Waals surface area contributed by atoms with Crippen LogP contribution in [0.3, 0.4) is 0 Å². The fourth-order valence-corrected chi connectivity index (χ4v) is 2.43. The topological polar surface area (TPSA) is 59.2 Å². The van der Waals surface area contributed by atoms with Crippen LogP contribution >= 0.6 is 11.6 Å². The van der Waals surface area contributed by atoms with Gasteiger partial charge in [0.15, 0.2) is 0 Å². The highest BCUT2D eigenvalue weighted by Crippen LogP contribution is 2.33. The molecule has 0 saturated heterocycles. The van der Waals surface area contributed by atoms with Gasteiger partial charge in [0.25, 0.3) is 0 Å². The number of hydrogen-bond donors (Lipinski definition) is 1. The van der Waals surface area contributed by atoms with E-state index in [2.05, 4.69) is 4.98 Å². The molecule has 0 spiro atoms. The van der Waals surface area contributed by atoms with Crippen LogP contribution in [0.4, 0.5) is 11.5 Å². The Morgan fingerprint density at radius 1 is 1.37 bits per heavy atom. The van der Waals surface area contributed by atoms with Crippen LogP contribution in [-0.4, -0.2) is 10.9 Å². The maximum absolute atomic E-state index is 12.1. The van der Waals surface area contributed by atoms with E-state index in [4.69, 9.17) is 17.3 Å². The summed E-state index contributed by atoms with van der Waals surface area (Å²) in [5.74, 6) is 0.506. The third-order valence-electron chi connectivity index (χ3n) is 3.24. The van der Waals surface area contributed by atoms with Gasteiger partial charge in [0.2, 0.25) is 5.91 Å². The molecule has 19 heavy (non-hydrogen) atoms. The molecule has 2 heterocycles. The van der Waals surface area contributed by atoms with Crippen molar-refractivity contribution in [3.8, 4) is 0 Å². The first-order valence-electron chi connectivity index (χ1n) is 5.93. The van der Waals surface area contributed by atoms with E-state index in [1.165, 1.54) is 0 Å². The van der Waals surface area contributed by atoms with Crippen molar-refractivity contribution in [2.75, 3.05) is 10.6 Å². The number of amides is 1. The molecule has 1 aliphatic heterocycles. The lowest BCUT2D eigenvalue weighted by Gasteiger charge is -2.18. The summed E-state index contributed by atoms with van der Waals surface area (Å²) in [6.45, 7) is 0.422. The zero-order chi connectivity index (χ0) is 13.4. The molecule has 1 aromatic heterocycles. The molecule has 0 bridgehead atoms. The normalized spacial score (nSPS) is 13.7. The number of pyridine rings is 1. The Balaban J connectivity index is 1.97. The molecule has 3 rings (SSSR count). The lowest BCUT2D eigenvalue weighted by Crippen LogP contribution is -2.26. The van der Waals surface area contributed by atoms with Crippen molar-refractivity contribution in [1.82, 2.24) is 4.98 Å². The summed E-state index contributed by atoms with van der Waals surface area (Å²) < 4.78 is 0. The molecule has 1 amide bonds. The minimum absolute atomic E-state index is 0.0560. The number of benzene rings is 1. The highest BCUT2D eigenvalue weighted by molar-refractivity contribution is 6.31. The number of halogens is 1. The van der Waals surface area contributed by atoms with Crippen molar-refractivity contribution >= 4 is 29.0 Å². The molecule has 0 atom stereocenters. The second-order valence-electron chi connectivity index (χ2n) is 4.48. The van der Waals surface area contributed by atoms with Crippen LogP contribution in [0.2, 0.25) is 5.02 Å². The van der Waals surface area contributed by atoms with E-state index < -0.39 is 0 Å². The van der Waals surface area contributed by atoms with Crippen LogP contribution in [0.5, 0.6) is 0 Å². The summed E-state index contributed by atoms with van der Waals surface area (Å²) in [4.78, 5) is 17.8. The van der Waals surface area contributed by atoms with E-state index in [9.17, 15) is 4.79 Å². The Labute approximate surface area is 115 Å². The molecule has 1 aliphatic rings. The maximum atomic E-state index is 12.1.